The van der Waals surface area contributed by atoms with Crippen LogP contribution in [0.3, 0.4) is 0 Å². The van der Waals surface area contributed by atoms with Crippen molar-refractivity contribution in [3.05, 3.63) is 143 Å². The van der Waals surface area contributed by atoms with E-state index in [9.17, 15) is 23.6 Å². The Kier molecular flexibility index (Phi) is 22.5. The maximum atomic E-state index is 15.1. The standard InChI is InChI=1S/C56H64F2O10/c1-3-5-7-9-11-13-14-16-17-19-36-63-43-28-24-41(25-29-43)53(59)65-44-30-26-42(27-31-44)54(60)66-46-22-21-23-47(38-46)67-55(61)50-35-33-48(40-52(50)58)68-56(62)49-34-32-45(39-51(49)57)64-37-20-18-15-12-10-8-6-4-2/h21-35,38-40H,3-20,36-37H2,1-2H3. The Hall–Kier alpha value is -6.56. The summed E-state index contributed by atoms with van der Waals surface area (Å²) < 4.78 is 62.9. The fourth-order valence-electron chi connectivity index (χ4n) is 7.28. The van der Waals surface area contributed by atoms with Crippen LogP contribution in [0.1, 0.15) is 171 Å². The maximum absolute atomic E-state index is 15.1. The fraction of sp³-hybridized carbons (Fsp3) is 0.393. The van der Waals surface area contributed by atoms with E-state index in [1.54, 1.807) is 24.3 Å². The molecule has 5 aromatic carbocycles. The average molecular weight is 935 g/mol. The Morgan fingerprint density at radius 2 is 0.691 bits per heavy atom. The molecular weight excluding hydrogens is 871 g/mol. The highest BCUT2D eigenvalue weighted by molar-refractivity contribution is 5.94. The minimum absolute atomic E-state index is 0.0322. The van der Waals surface area contributed by atoms with Gasteiger partial charge < -0.3 is 28.4 Å². The predicted octanol–water partition coefficient (Wildman–Crippen LogP) is 14.7. The van der Waals surface area contributed by atoms with Crippen LogP contribution in [0.5, 0.6) is 34.5 Å². The summed E-state index contributed by atoms with van der Waals surface area (Å²) >= 11 is 0. The number of carbonyl (C=O) groups excluding carboxylic acids is 4. The molecule has 0 bridgehead atoms. The Morgan fingerprint density at radius 1 is 0.353 bits per heavy atom. The summed E-state index contributed by atoms with van der Waals surface area (Å²) in [5.74, 6) is -4.46. The molecule has 68 heavy (non-hydrogen) atoms. The van der Waals surface area contributed by atoms with E-state index in [4.69, 9.17) is 28.4 Å². The van der Waals surface area contributed by atoms with Crippen LogP contribution in [0.15, 0.2) is 109 Å². The molecular formula is C56H64F2O10. The lowest BCUT2D eigenvalue weighted by molar-refractivity contribution is 0.0719. The van der Waals surface area contributed by atoms with Gasteiger partial charge in [0.2, 0.25) is 0 Å². The molecule has 0 saturated carbocycles. The monoisotopic (exact) mass is 934 g/mol. The predicted molar refractivity (Wildman–Crippen MR) is 257 cm³/mol. The third-order valence-corrected chi connectivity index (χ3v) is 11.2. The normalized spacial score (nSPS) is 10.9. The number of ether oxygens (including phenoxy) is 6. The number of esters is 4. The minimum Gasteiger partial charge on any atom is -0.494 e. The zero-order chi connectivity index (χ0) is 48.4. The Labute approximate surface area is 399 Å². The Bertz CT molecular complexity index is 2350. The second kappa shape index (κ2) is 29.3. The second-order valence-electron chi connectivity index (χ2n) is 16.7. The molecule has 0 aliphatic heterocycles. The van der Waals surface area contributed by atoms with Crippen LogP contribution in [-0.2, 0) is 0 Å². The molecule has 5 rings (SSSR count). The molecule has 0 unspecified atom stereocenters. The lowest BCUT2D eigenvalue weighted by Gasteiger charge is -2.10. The van der Waals surface area contributed by atoms with E-state index in [1.165, 1.54) is 150 Å². The largest absolute Gasteiger partial charge is 0.494 e. The topological polar surface area (TPSA) is 124 Å². The molecule has 0 spiro atoms. The van der Waals surface area contributed by atoms with Gasteiger partial charge in [0.1, 0.15) is 46.1 Å². The number of hydrogen-bond donors (Lipinski definition) is 0. The molecule has 12 heteroatoms. The molecule has 0 atom stereocenters. The van der Waals surface area contributed by atoms with Gasteiger partial charge >= 0.3 is 23.9 Å². The Balaban J connectivity index is 1.02. The van der Waals surface area contributed by atoms with Crippen LogP contribution >= 0.6 is 0 Å². The highest BCUT2D eigenvalue weighted by Crippen LogP contribution is 2.26. The van der Waals surface area contributed by atoms with Gasteiger partial charge in [-0.25, -0.2) is 28.0 Å². The van der Waals surface area contributed by atoms with Gasteiger partial charge in [0.05, 0.1) is 35.5 Å². The van der Waals surface area contributed by atoms with Crippen molar-refractivity contribution in [2.75, 3.05) is 13.2 Å². The molecule has 362 valence electrons. The molecule has 0 aliphatic rings. The minimum atomic E-state index is -1.08. The second-order valence-corrected chi connectivity index (χ2v) is 16.7. The van der Waals surface area contributed by atoms with Crippen LogP contribution in [0.2, 0.25) is 0 Å². The molecule has 0 radical (unpaired) electrons. The van der Waals surface area contributed by atoms with Gasteiger partial charge in [0, 0.05) is 18.2 Å². The molecule has 0 saturated heterocycles. The summed E-state index contributed by atoms with van der Waals surface area (Å²) in [6.07, 6.45) is 21.6. The average Bonchev–Trinajstić information content (AvgIpc) is 3.33. The van der Waals surface area contributed by atoms with Gasteiger partial charge in [-0.3, -0.25) is 0 Å². The van der Waals surface area contributed by atoms with Gasteiger partial charge in [0.15, 0.2) is 0 Å². The molecule has 0 amide bonds. The Morgan fingerprint density at radius 3 is 1.15 bits per heavy atom. The third kappa shape index (κ3) is 18.3. The zero-order valence-electron chi connectivity index (χ0n) is 39.4. The number of carbonyl (C=O) groups is 4. The van der Waals surface area contributed by atoms with Gasteiger partial charge in [-0.2, -0.15) is 0 Å². The number of benzene rings is 5. The smallest absolute Gasteiger partial charge is 0.346 e. The fourth-order valence-corrected chi connectivity index (χ4v) is 7.28. The number of halogens is 2. The van der Waals surface area contributed by atoms with E-state index >= 15 is 4.39 Å². The van der Waals surface area contributed by atoms with Gasteiger partial charge in [0.25, 0.3) is 0 Å². The molecule has 0 N–H and O–H groups in total. The molecule has 0 fully saturated rings. The van der Waals surface area contributed by atoms with Crippen molar-refractivity contribution < 1.29 is 56.4 Å². The first-order chi connectivity index (χ1) is 33.1. The first kappa shape index (κ1) is 52.4. The molecule has 0 heterocycles. The van der Waals surface area contributed by atoms with Gasteiger partial charge in [-0.1, -0.05) is 123 Å². The SMILES string of the molecule is CCCCCCCCCCCCOc1ccc(C(=O)Oc2ccc(C(=O)Oc3cccc(OC(=O)c4ccc(OC(=O)c5ccc(OCCCCCCCCCC)cc5F)cc4F)c3)cc2)cc1. The first-order valence-corrected chi connectivity index (χ1v) is 24.2. The highest BCUT2D eigenvalue weighted by Gasteiger charge is 2.20. The van der Waals surface area contributed by atoms with E-state index in [1.807, 2.05) is 0 Å². The lowest BCUT2D eigenvalue weighted by Crippen LogP contribution is -2.13. The molecule has 10 nitrogen and oxygen atoms in total. The molecule has 0 aliphatic carbocycles. The van der Waals surface area contributed by atoms with Gasteiger partial charge in [-0.05, 0) is 97.8 Å². The van der Waals surface area contributed by atoms with Crippen LogP contribution in [-0.4, -0.2) is 37.1 Å². The van der Waals surface area contributed by atoms with Crippen LogP contribution in [0.4, 0.5) is 8.78 Å². The van der Waals surface area contributed by atoms with Crippen molar-refractivity contribution in [1.82, 2.24) is 0 Å². The molecule has 0 aromatic heterocycles. The van der Waals surface area contributed by atoms with E-state index in [2.05, 4.69) is 13.8 Å². The number of rotatable bonds is 30. The maximum Gasteiger partial charge on any atom is 0.346 e. The van der Waals surface area contributed by atoms with Crippen molar-refractivity contribution in [1.29, 1.82) is 0 Å². The van der Waals surface area contributed by atoms with Crippen molar-refractivity contribution >= 4 is 23.9 Å². The van der Waals surface area contributed by atoms with Crippen molar-refractivity contribution in [3.63, 3.8) is 0 Å². The summed E-state index contributed by atoms with van der Waals surface area (Å²) in [5.41, 5.74) is -0.356. The summed E-state index contributed by atoms with van der Waals surface area (Å²) in [6.45, 7) is 5.47. The van der Waals surface area contributed by atoms with E-state index in [0.717, 1.165) is 50.3 Å². The van der Waals surface area contributed by atoms with Crippen molar-refractivity contribution in [2.24, 2.45) is 0 Å². The van der Waals surface area contributed by atoms with E-state index in [0.29, 0.717) is 24.5 Å². The third-order valence-electron chi connectivity index (χ3n) is 11.2. The summed E-state index contributed by atoms with van der Waals surface area (Å²) in [5, 5.41) is 0. The van der Waals surface area contributed by atoms with Crippen LogP contribution in [0, 0.1) is 11.6 Å². The number of hydrogen-bond acceptors (Lipinski definition) is 10. The van der Waals surface area contributed by atoms with Crippen LogP contribution in [0.25, 0.3) is 0 Å². The van der Waals surface area contributed by atoms with Crippen molar-refractivity contribution in [2.45, 2.75) is 129 Å². The first-order valence-electron chi connectivity index (χ1n) is 24.2. The van der Waals surface area contributed by atoms with E-state index < -0.39 is 41.1 Å². The van der Waals surface area contributed by atoms with Crippen LogP contribution < -0.4 is 28.4 Å². The van der Waals surface area contributed by atoms with Gasteiger partial charge in [-0.15, -0.1) is 0 Å². The summed E-state index contributed by atoms with van der Waals surface area (Å²) in [4.78, 5) is 51.4. The summed E-state index contributed by atoms with van der Waals surface area (Å²) in [6, 6.07) is 25.0. The number of unbranched alkanes of at least 4 members (excludes halogenated alkanes) is 16. The highest BCUT2D eigenvalue weighted by atomic mass is 19.1. The van der Waals surface area contributed by atoms with E-state index in [-0.39, 0.29) is 39.9 Å². The molecule has 5 aromatic rings. The zero-order valence-corrected chi connectivity index (χ0v) is 39.4. The quantitative estimate of drug-likeness (QED) is 0.0250. The summed E-state index contributed by atoms with van der Waals surface area (Å²) in [7, 11) is 0. The van der Waals surface area contributed by atoms with Crippen molar-refractivity contribution in [3.8, 4) is 34.5 Å². The lowest BCUT2D eigenvalue weighted by atomic mass is 10.1.